The molecule has 1 aliphatic heterocycles. The molecule has 172 valence electrons. The zero-order valence-corrected chi connectivity index (χ0v) is 19.3. The summed E-state index contributed by atoms with van der Waals surface area (Å²) in [5, 5.41) is 24.2. The van der Waals surface area contributed by atoms with Crippen LogP contribution < -0.4 is 0 Å². The molecule has 8 nitrogen and oxygen atoms in total. The van der Waals surface area contributed by atoms with Gasteiger partial charge in [0.25, 0.3) is 5.69 Å². The molecule has 0 aliphatic carbocycles. The van der Waals surface area contributed by atoms with Crippen molar-refractivity contribution in [3.8, 4) is 17.1 Å². The summed E-state index contributed by atoms with van der Waals surface area (Å²) in [6, 6.07) is 20.1. The lowest BCUT2D eigenvalue weighted by Gasteiger charge is -2.28. The van der Waals surface area contributed by atoms with Gasteiger partial charge in [-0.05, 0) is 77.9 Å². The SMILES string of the molecule is Cc1cc(-c2nnn(-c3ccc(CCN4CCc5ccccc5C4)cc3)n2)c([N+](=O)[O-])cc1C. The number of benzene rings is 3. The predicted molar refractivity (Wildman–Crippen MR) is 130 cm³/mol. The van der Waals surface area contributed by atoms with Crippen molar-refractivity contribution in [2.75, 3.05) is 13.1 Å². The third-order valence-electron chi connectivity index (χ3n) is 6.56. The van der Waals surface area contributed by atoms with Crippen molar-refractivity contribution < 1.29 is 4.92 Å². The van der Waals surface area contributed by atoms with Gasteiger partial charge < -0.3 is 0 Å². The highest BCUT2D eigenvalue weighted by Crippen LogP contribution is 2.30. The van der Waals surface area contributed by atoms with E-state index < -0.39 is 4.92 Å². The Morgan fingerprint density at radius 3 is 2.50 bits per heavy atom. The maximum Gasteiger partial charge on any atom is 0.280 e. The van der Waals surface area contributed by atoms with Crippen LogP contribution in [-0.2, 0) is 19.4 Å². The van der Waals surface area contributed by atoms with Crippen LogP contribution in [0.25, 0.3) is 17.1 Å². The van der Waals surface area contributed by atoms with Gasteiger partial charge in [0.15, 0.2) is 0 Å². The molecule has 0 unspecified atom stereocenters. The maximum absolute atomic E-state index is 11.5. The first kappa shape index (κ1) is 21.9. The number of hydrogen-bond acceptors (Lipinski definition) is 6. The summed E-state index contributed by atoms with van der Waals surface area (Å²) in [4.78, 5) is 15.0. The Morgan fingerprint density at radius 1 is 1.00 bits per heavy atom. The van der Waals surface area contributed by atoms with Crippen molar-refractivity contribution in [2.45, 2.75) is 33.2 Å². The van der Waals surface area contributed by atoms with Crippen LogP contribution in [0.2, 0.25) is 0 Å². The topological polar surface area (TPSA) is 90.0 Å². The zero-order chi connectivity index (χ0) is 23.7. The molecule has 8 heteroatoms. The van der Waals surface area contributed by atoms with E-state index in [2.05, 4.69) is 56.7 Å². The first-order valence-corrected chi connectivity index (χ1v) is 11.4. The molecule has 0 saturated heterocycles. The summed E-state index contributed by atoms with van der Waals surface area (Å²) in [6.45, 7) is 6.86. The highest BCUT2D eigenvalue weighted by molar-refractivity contribution is 5.69. The van der Waals surface area contributed by atoms with E-state index in [0.29, 0.717) is 5.56 Å². The second kappa shape index (κ2) is 9.15. The van der Waals surface area contributed by atoms with Crippen molar-refractivity contribution in [1.29, 1.82) is 0 Å². The molecule has 0 atom stereocenters. The fourth-order valence-corrected chi connectivity index (χ4v) is 4.39. The monoisotopic (exact) mass is 454 g/mol. The number of aryl methyl sites for hydroxylation is 2. The molecular weight excluding hydrogens is 428 g/mol. The fourth-order valence-electron chi connectivity index (χ4n) is 4.39. The van der Waals surface area contributed by atoms with E-state index in [9.17, 15) is 10.1 Å². The van der Waals surface area contributed by atoms with Crippen LogP contribution in [0.15, 0.2) is 60.7 Å². The summed E-state index contributed by atoms with van der Waals surface area (Å²) >= 11 is 0. The molecule has 0 bridgehead atoms. The second-order valence-electron chi connectivity index (χ2n) is 8.82. The predicted octanol–water partition coefficient (Wildman–Crippen LogP) is 4.46. The standard InChI is InChI=1S/C26H26N6O2/c1-18-15-24(25(32(33)34)16-19(18)2)26-27-29-31(28-26)23-9-7-20(8-10-23)11-13-30-14-12-21-5-3-4-6-22(21)17-30/h3-10,15-16H,11-14,17H2,1-2H3. The first-order valence-electron chi connectivity index (χ1n) is 11.4. The third kappa shape index (κ3) is 4.45. The van der Waals surface area contributed by atoms with E-state index in [-0.39, 0.29) is 11.5 Å². The fraction of sp³-hybridized carbons (Fsp3) is 0.269. The summed E-state index contributed by atoms with van der Waals surface area (Å²) in [5.41, 5.74) is 7.06. The molecule has 0 N–H and O–H groups in total. The van der Waals surface area contributed by atoms with Gasteiger partial charge in [-0.1, -0.05) is 36.4 Å². The van der Waals surface area contributed by atoms with Crippen molar-refractivity contribution in [3.63, 3.8) is 0 Å². The Morgan fingerprint density at radius 2 is 1.74 bits per heavy atom. The van der Waals surface area contributed by atoms with E-state index in [4.69, 9.17) is 0 Å². The number of nitro groups is 1. The van der Waals surface area contributed by atoms with Gasteiger partial charge in [-0.3, -0.25) is 15.0 Å². The molecular formula is C26H26N6O2. The van der Waals surface area contributed by atoms with Crippen molar-refractivity contribution >= 4 is 5.69 Å². The van der Waals surface area contributed by atoms with Gasteiger partial charge in [0, 0.05) is 25.7 Å². The molecule has 5 rings (SSSR count). The van der Waals surface area contributed by atoms with Crippen LogP contribution in [0.5, 0.6) is 0 Å². The van der Waals surface area contributed by atoms with E-state index in [1.54, 1.807) is 12.1 Å². The second-order valence-corrected chi connectivity index (χ2v) is 8.82. The van der Waals surface area contributed by atoms with E-state index >= 15 is 0 Å². The number of hydrogen-bond donors (Lipinski definition) is 0. The molecule has 0 spiro atoms. The van der Waals surface area contributed by atoms with Crippen molar-refractivity contribution in [3.05, 3.63) is 98.6 Å². The molecule has 0 saturated carbocycles. The smallest absolute Gasteiger partial charge is 0.280 e. The molecule has 4 aromatic rings. The molecule has 1 aliphatic rings. The van der Waals surface area contributed by atoms with Gasteiger partial charge in [-0.15, -0.1) is 15.0 Å². The lowest BCUT2D eigenvalue weighted by molar-refractivity contribution is -0.384. The third-order valence-corrected chi connectivity index (χ3v) is 6.56. The van der Waals surface area contributed by atoms with Crippen molar-refractivity contribution in [1.82, 2.24) is 25.1 Å². The Kier molecular flexibility index (Phi) is 5.90. The van der Waals surface area contributed by atoms with E-state index in [1.165, 1.54) is 21.5 Å². The lowest BCUT2D eigenvalue weighted by atomic mass is 9.99. The summed E-state index contributed by atoms with van der Waals surface area (Å²) in [7, 11) is 0. The Balaban J connectivity index is 1.27. The van der Waals surface area contributed by atoms with Crippen LogP contribution in [0, 0.1) is 24.0 Å². The van der Waals surface area contributed by atoms with Crippen LogP contribution in [0.1, 0.15) is 27.8 Å². The summed E-state index contributed by atoms with van der Waals surface area (Å²) in [5.74, 6) is 0.240. The van der Waals surface area contributed by atoms with Crippen LogP contribution in [0.4, 0.5) is 5.69 Å². The Bertz CT molecular complexity index is 1350. The number of aromatic nitrogens is 4. The number of tetrazole rings is 1. The average Bonchev–Trinajstić information content (AvgIpc) is 3.34. The molecule has 3 aromatic carbocycles. The van der Waals surface area contributed by atoms with Gasteiger partial charge in [-0.2, -0.15) is 0 Å². The van der Waals surface area contributed by atoms with E-state index in [0.717, 1.165) is 49.3 Å². The van der Waals surface area contributed by atoms with Gasteiger partial charge in [0.05, 0.1) is 10.6 Å². The Labute approximate surface area is 198 Å². The van der Waals surface area contributed by atoms with Gasteiger partial charge >= 0.3 is 0 Å². The molecule has 2 heterocycles. The van der Waals surface area contributed by atoms with Crippen LogP contribution in [-0.4, -0.2) is 43.1 Å². The minimum atomic E-state index is -0.405. The van der Waals surface area contributed by atoms with E-state index in [1.807, 2.05) is 26.0 Å². The zero-order valence-electron chi connectivity index (χ0n) is 19.3. The quantitative estimate of drug-likeness (QED) is 0.316. The molecule has 0 fully saturated rings. The number of rotatable bonds is 6. The normalized spacial score (nSPS) is 13.6. The number of fused-ring (bicyclic) bond motifs is 1. The highest BCUT2D eigenvalue weighted by atomic mass is 16.6. The summed E-state index contributed by atoms with van der Waals surface area (Å²) < 4.78 is 0. The molecule has 0 radical (unpaired) electrons. The minimum Gasteiger partial charge on any atom is -0.298 e. The molecule has 34 heavy (non-hydrogen) atoms. The number of nitrogens with zero attached hydrogens (tertiary/aromatic N) is 6. The maximum atomic E-state index is 11.5. The van der Waals surface area contributed by atoms with Gasteiger partial charge in [0.1, 0.15) is 5.56 Å². The number of nitro benzene ring substituents is 1. The van der Waals surface area contributed by atoms with Crippen molar-refractivity contribution in [2.24, 2.45) is 0 Å². The van der Waals surface area contributed by atoms with Crippen LogP contribution >= 0.6 is 0 Å². The molecule has 0 amide bonds. The minimum absolute atomic E-state index is 0.0154. The first-order chi connectivity index (χ1) is 16.5. The summed E-state index contributed by atoms with van der Waals surface area (Å²) in [6.07, 6.45) is 2.07. The highest BCUT2D eigenvalue weighted by Gasteiger charge is 2.21. The van der Waals surface area contributed by atoms with Gasteiger partial charge in [-0.25, -0.2) is 0 Å². The Hall–Kier alpha value is -3.91. The largest absolute Gasteiger partial charge is 0.298 e. The molecule has 1 aromatic heterocycles. The average molecular weight is 455 g/mol. The van der Waals surface area contributed by atoms with Crippen LogP contribution in [0.3, 0.4) is 0 Å². The van der Waals surface area contributed by atoms with Gasteiger partial charge in [0.2, 0.25) is 5.82 Å². The lowest BCUT2D eigenvalue weighted by Crippen LogP contribution is -2.32.